The molecule has 0 bridgehead atoms. The minimum absolute atomic E-state index is 0.0261. The lowest BCUT2D eigenvalue weighted by Crippen LogP contribution is -2.44. The van der Waals surface area contributed by atoms with E-state index in [1.54, 1.807) is 0 Å². The molecule has 1 amide bonds. The second-order valence-electron chi connectivity index (χ2n) is 6.84. The van der Waals surface area contributed by atoms with Gasteiger partial charge >= 0.3 is 0 Å². The van der Waals surface area contributed by atoms with Crippen molar-refractivity contribution in [2.45, 2.75) is 45.4 Å². The monoisotopic (exact) mass is 299 g/mol. The van der Waals surface area contributed by atoms with Crippen molar-refractivity contribution < 1.29 is 9.59 Å². The van der Waals surface area contributed by atoms with Crippen LogP contribution in [-0.4, -0.2) is 29.7 Å². The van der Waals surface area contributed by atoms with Gasteiger partial charge in [0.25, 0.3) is 0 Å². The molecule has 3 heteroatoms. The van der Waals surface area contributed by atoms with Crippen molar-refractivity contribution in [1.82, 2.24) is 4.90 Å². The van der Waals surface area contributed by atoms with Crippen molar-refractivity contribution in [3.05, 3.63) is 35.4 Å². The van der Waals surface area contributed by atoms with Crippen LogP contribution in [0.5, 0.6) is 0 Å². The number of hydrogen-bond acceptors (Lipinski definition) is 2. The van der Waals surface area contributed by atoms with Gasteiger partial charge < -0.3 is 4.90 Å². The highest BCUT2D eigenvalue weighted by Crippen LogP contribution is 2.29. The number of carbonyl (C=O) groups excluding carboxylic acids is 2. The number of aryl methyl sites for hydroxylation is 1. The Morgan fingerprint density at radius 1 is 0.955 bits per heavy atom. The second-order valence-corrected chi connectivity index (χ2v) is 6.84. The van der Waals surface area contributed by atoms with Crippen LogP contribution in [-0.2, 0) is 4.79 Å². The van der Waals surface area contributed by atoms with Crippen LogP contribution >= 0.6 is 0 Å². The fourth-order valence-electron chi connectivity index (χ4n) is 3.78. The van der Waals surface area contributed by atoms with E-state index in [0.717, 1.165) is 37.8 Å². The van der Waals surface area contributed by atoms with Crippen LogP contribution in [0.2, 0.25) is 0 Å². The van der Waals surface area contributed by atoms with Crippen LogP contribution in [0, 0.1) is 18.8 Å². The predicted molar refractivity (Wildman–Crippen MR) is 86.8 cm³/mol. The number of likely N-dealkylation sites (tertiary alicyclic amines) is 1. The standard InChI is InChI=1S/C19H25NO2/c1-14-8-10-15(11-9-14)18(21)17-7-4-12-20(13-17)19(22)16-5-2-3-6-16/h8-11,16-17H,2-7,12-13H2,1H3. The number of ketones is 1. The van der Waals surface area contributed by atoms with Gasteiger partial charge in [0.2, 0.25) is 5.91 Å². The molecule has 0 spiro atoms. The van der Waals surface area contributed by atoms with Crippen LogP contribution in [0.3, 0.4) is 0 Å². The molecule has 0 aromatic heterocycles. The maximum atomic E-state index is 12.7. The molecule has 118 valence electrons. The van der Waals surface area contributed by atoms with Crippen LogP contribution in [0.1, 0.15) is 54.4 Å². The highest BCUT2D eigenvalue weighted by Gasteiger charge is 2.33. The van der Waals surface area contributed by atoms with Gasteiger partial charge in [0, 0.05) is 30.5 Å². The van der Waals surface area contributed by atoms with E-state index < -0.39 is 0 Å². The molecule has 1 heterocycles. The molecule has 1 aliphatic heterocycles. The van der Waals surface area contributed by atoms with Gasteiger partial charge in [0.05, 0.1) is 0 Å². The number of carbonyl (C=O) groups is 2. The average Bonchev–Trinajstić information content (AvgIpc) is 3.09. The molecule has 3 nitrogen and oxygen atoms in total. The summed E-state index contributed by atoms with van der Waals surface area (Å²) in [6.45, 7) is 3.46. The maximum Gasteiger partial charge on any atom is 0.225 e. The molecule has 1 saturated carbocycles. The molecular formula is C19H25NO2. The smallest absolute Gasteiger partial charge is 0.225 e. The van der Waals surface area contributed by atoms with E-state index in [-0.39, 0.29) is 17.6 Å². The molecule has 1 atom stereocenters. The zero-order valence-electron chi connectivity index (χ0n) is 13.4. The van der Waals surface area contributed by atoms with Gasteiger partial charge in [0.15, 0.2) is 5.78 Å². The minimum atomic E-state index is -0.0261. The summed E-state index contributed by atoms with van der Waals surface area (Å²) in [6, 6.07) is 7.79. The third-order valence-corrected chi connectivity index (χ3v) is 5.14. The summed E-state index contributed by atoms with van der Waals surface area (Å²) in [5.41, 5.74) is 1.95. The normalized spacial score (nSPS) is 22.8. The number of Topliss-reactive ketones (excluding diaryl/α,β-unsaturated/α-hetero) is 1. The summed E-state index contributed by atoms with van der Waals surface area (Å²) in [5, 5.41) is 0. The van der Waals surface area contributed by atoms with Gasteiger partial charge in [-0.25, -0.2) is 0 Å². The number of nitrogens with zero attached hydrogens (tertiary/aromatic N) is 1. The van der Waals surface area contributed by atoms with Crippen molar-refractivity contribution in [3.63, 3.8) is 0 Å². The lowest BCUT2D eigenvalue weighted by molar-refractivity contribution is -0.136. The summed E-state index contributed by atoms with van der Waals surface area (Å²) in [6.07, 6.45) is 6.27. The van der Waals surface area contributed by atoms with Gasteiger partial charge in [-0.05, 0) is 32.6 Å². The van der Waals surface area contributed by atoms with Gasteiger partial charge in [0.1, 0.15) is 0 Å². The minimum Gasteiger partial charge on any atom is -0.342 e. The zero-order chi connectivity index (χ0) is 15.5. The SMILES string of the molecule is Cc1ccc(C(=O)C2CCCN(C(=O)C3CCCC3)C2)cc1. The van der Waals surface area contributed by atoms with Crippen molar-refractivity contribution >= 4 is 11.7 Å². The molecule has 2 aliphatic rings. The Hall–Kier alpha value is -1.64. The first-order valence-corrected chi connectivity index (χ1v) is 8.55. The highest BCUT2D eigenvalue weighted by molar-refractivity contribution is 5.98. The highest BCUT2D eigenvalue weighted by atomic mass is 16.2. The van der Waals surface area contributed by atoms with Crippen molar-refractivity contribution in [2.75, 3.05) is 13.1 Å². The average molecular weight is 299 g/mol. The molecule has 1 saturated heterocycles. The number of amides is 1. The van der Waals surface area contributed by atoms with Gasteiger partial charge in [-0.3, -0.25) is 9.59 Å². The molecule has 0 radical (unpaired) electrons. The van der Waals surface area contributed by atoms with Crippen LogP contribution in [0.25, 0.3) is 0 Å². The Kier molecular flexibility index (Phi) is 4.60. The van der Waals surface area contributed by atoms with E-state index in [9.17, 15) is 9.59 Å². The van der Waals surface area contributed by atoms with Gasteiger partial charge in [-0.15, -0.1) is 0 Å². The number of benzene rings is 1. The quantitative estimate of drug-likeness (QED) is 0.800. The summed E-state index contributed by atoms with van der Waals surface area (Å²) in [4.78, 5) is 27.2. The Labute approximate surface area is 132 Å². The molecule has 3 rings (SSSR count). The zero-order valence-corrected chi connectivity index (χ0v) is 13.4. The molecule has 0 N–H and O–H groups in total. The maximum absolute atomic E-state index is 12.7. The molecular weight excluding hydrogens is 274 g/mol. The second kappa shape index (κ2) is 6.64. The van der Waals surface area contributed by atoms with Crippen molar-refractivity contribution in [1.29, 1.82) is 0 Å². The van der Waals surface area contributed by atoms with Gasteiger partial charge in [-0.2, -0.15) is 0 Å². The summed E-state index contributed by atoms with van der Waals surface area (Å²) < 4.78 is 0. The van der Waals surface area contributed by atoms with E-state index in [0.29, 0.717) is 12.5 Å². The summed E-state index contributed by atoms with van der Waals surface area (Å²) >= 11 is 0. The van der Waals surface area contributed by atoms with Crippen LogP contribution in [0.4, 0.5) is 0 Å². The Morgan fingerprint density at radius 3 is 2.27 bits per heavy atom. The Bertz CT molecular complexity index is 543. The molecule has 1 aromatic rings. The van der Waals surface area contributed by atoms with Crippen LogP contribution < -0.4 is 0 Å². The first-order valence-electron chi connectivity index (χ1n) is 8.55. The van der Waals surface area contributed by atoms with E-state index in [4.69, 9.17) is 0 Å². The topological polar surface area (TPSA) is 37.4 Å². The number of rotatable bonds is 3. The van der Waals surface area contributed by atoms with E-state index >= 15 is 0 Å². The van der Waals surface area contributed by atoms with E-state index in [1.807, 2.05) is 36.1 Å². The molecule has 2 fully saturated rings. The number of piperidine rings is 1. The predicted octanol–water partition coefficient (Wildman–Crippen LogP) is 3.61. The third-order valence-electron chi connectivity index (χ3n) is 5.14. The number of hydrogen-bond donors (Lipinski definition) is 0. The van der Waals surface area contributed by atoms with Crippen LogP contribution in [0.15, 0.2) is 24.3 Å². The summed E-state index contributed by atoms with van der Waals surface area (Å²) in [5.74, 6) is 0.679. The lowest BCUT2D eigenvalue weighted by Gasteiger charge is -2.33. The fraction of sp³-hybridized carbons (Fsp3) is 0.579. The van der Waals surface area contributed by atoms with E-state index in [1.165, 1.54) is 18.4 Å². The first-order chi connectivity index (χ1) is 10.6. The Morgan fingerprint density at radius 2 is 1.59 bits per heavy atom. The fourth-order valence-corrected chi connectivity index (χ4v) is 3.78. The first kappa shape index (κ1) is 15.3. The summed E-state index contributed by atoms with van der Waals surface area (Å²) in [7, 11) is 0. The lowest BCUT2D eigenvalue weighted by atomic mass is 9.89. The Balaban J connectivity index is 1.65. The van der Waals surface area contributed by atoms with E-state index in [2.05, 4.69) is 0 Å². The van der Waals surface area contributed by atoms with Crippen molar-refractivity contribution in [2.24, 2.45) is 11.8 Å². The molecule has 1 aromatic carbocycles. The molecule has 1 unspecified atom stereocenters. The van der Waals surface area contributed by atoms with Gasteiger partial charge in [-0.1, -0.05) is 42.7 Å². The third kappa shape index (κ3) is 3.23. The molecule has 1 aliphatic carbocycles. The molecule has 22 heavy (non-hydrogen) atoms. The largest absolute Gasteiger partial charge is 0.342 e. The van der Waals surface area contributed by atoms with Crippen molar-refractivity contribution in [3.8, 4) is 0 Å².